The molecule has 1 atom stereocenters. The molecule has 2 saturated heterocycles. The van der Waals surface area contributed by atoms with Gasteiger partial charge in [-0.05, 0) is 14.0 Å². The predicted molar refractivity (Wildman–Crippen MR) is 84.6 cm³/mol. The molecule has 0 unspecified atom stereocenters. The molecule has 2 fully saturated rings. The molecule has 3 rings (SSSR count). The number of sulfonamides is 1. The van der Waals surface area contributed by atoms with Crippen molar-refractivity contribution in [3.05, 3.63) is 10.8 Å². The van der Waals surface area contributed by atoms with Crippen LogP contribution in [0.1, 0.15) is 5.69 Å². The first-order valence-electron chi connectivity index (χ1n) is 7.42. The average molecular weight is 348 g/mol. The van der Waals surface area contributed by atoms with Crippen LogP contribution in [-0.2, 0) is 17.1 Å². The number of nitrogens with zero attached hydrogens (tertiary/aromatic N) is 5. The molecule has 9 heteroatoms. The molecule has 0 spiro atoms. The fourth-order valence-corrected chi connectivity index (χ4v) is 5.51. The molecular weight excluding hydrogens is 326 g/mol. The third-order valence-electron chi connectivity index (χ3n) is 4.56. The molecule has 3 heterocycles. The third kappa shape index (κ3) is 2.67. The summed E-state index contributed by atoms with van der Waals surface area (Å²) in [7, 11) is 0.134. The highest BCUT2D eigenvalue weighted by atomic mass is 35.5. The fourth-order valence-electron chi connectivity index (χ4n) is 3.33. The lowest BCUT2D eigenvalue weighted by Gasteiger charge is -2.45. The molecule has 1 aromatic rings. The molecule has 0 N–H and O–H groups in total. The molecule has 0 amide bonds. The van der Waals surface area contributed by atoms with Crippen molar-refractivity contribution in [2.75, 3.05) is 46.3 Å². The van der Waals surface area contributed by atoms with Gasteiger partial charge in [-0.25, -0.2) is 8.42 Å². The number of hydrogen-bond acceptors (Lipinski definition) is 5. The summed E-state index contributed by atoms with van der Waals surface area (Å²) in [5, 5.41) is 4.31. The van der Waals surface area contributed by atoms with Gasteiger partial charge in [0, 0.05) is 52.4 Å². The van der Waals surface area contributed by atoms with Crippen molar-refractivity contribution in [2.45, 2.75) is 17.9 Å². The van der Waals surface area contributed by atoms with Crippen LogP contribution >= 0.6 is 11.6 Å². The maximum Gasteiger partial charge on any atom is 0.248 e. The van der Waals surface area contributed by atoms with E-state index >= 15 is 0 Å². The number of aryl methyl sites for hydroxylation is 2. The highest BCUT2D eigenvalue weighted by Crippen LogP contribution is 2.29. The topological polar surface area (TPSA) is 61.7 Å². The van der Waals surface area contributed by atoms with Crippen molar-refractivity contribution >= 4 is 21.6 Å². The van der Waals surface area contributed by atoms with Crippen LogP contribution in [0, 0.1) is 6.92 Å². The van der Waals surface area contributed by atoms with Crippen LogP contribution in [0.5, 0.6) is 0 Å². The zero-order valence-corrected chi connectivity index (χ0v) is 14.7. The summed E-state index contributed by atoms with van der Waals surface area (Å²) < 4.78 is 28.9. The first-order chi connectivity index (χ1) is 10.3. The molecule has 2 aliphatic heterocycles. The fraction of sp³-hybridized carbons (Fsp3) is 0.769. The number of hydrogen-bond donors (Lipinski definition) is 0. The first kappa shape index (κ1) is 16.2. The first-order valence-corrected chi connectivity index (χ1v) is 9.24. The Morgan fingerprint density at radius 2 is 1.82 bits per heavy atom. The minimum Gasteiger partial charge on any atom is -0.303 e. The molecule has 22 heavy (non-hydrogen) atoms. The molecule has 1 aromatic heterocycles. The van der Waals surface area contributed by atoms with Crippen LogP contribution in [-0.4, -0.2) is 84.7 Å². The van der Waals surface area contributed by atoms with E-state index in [0.29, 0.717) is 18.8 Å². The summed E-state index contributed by atoms with van der Waals surface area (Å²) in [5.41, 5.74) is 0.454. The van der Waals surface area contributed by atoms with Gasteiger partial charge < -0.3 is 4.90 Å². The zero-order valence-electron chi connectivity index (χ0n) is 13.2. The van der Waals surface area contributed by atoms with Gasteiger partial charge in [-0.15, -0.1) is 0 Å². The normalized spacial score (nSPS) is 25.4. The molecule has 0 aromatic carbocycles. The smallest absolute Gasteiger partial charge is 0.248 e. The van der Waals surface area contributed by atoms with Crippen LogP contribution in [0.4, 0.5) is 0 Å². The van der Waals surface area contributed by atoms with Crippen LogP contribution < -0.4 is 0 Å². The van der Waals surface area contributed by atoms with E-state index in [-0.39, 0.29) is 16.1 Å². The van der Waals surface area contributed by atoms with Crippen LogP contribution in [0.15, 0.2) is 4.90 Å². The summed E-state index contributed by atoms with van der Waals surface area (Å²) in [6, 6.07) is 0.248. The van der Waals surface area contributed by atoms with E-state index in [0.717, 1.165) is 26.2 Å². The van der Waals surface area contributed by atoms with Gasteiger partial charge in [0.1, 0.15) is 10.0 Å². The number of rotatable bonds is 2. The van der Waals surface area contributed by atoms with Crippen molar-refractivity contribution in [1.82, 2.24) is 23.9 Å². The number of piperazine rings is 2. The van der Waals surface area contributed by atoms with E-state index in [2.05, 4.69) is 21.9 Å². The number of likely N-dealkylation sites (N-methyl/N-ethyl adjacent to an activating group) is 1. The van der Waals surface area contributed by atoms with Crippen molar-refractivity contribution in [2.24, 2.45) is 7.05 Å². The predicted octanol–water partition coefficient (Wildman–Crippen LogP) is 0.00222. The Morgan fingerprint density at radius 1 is 1.14 bits per heavy atom. The van der Waals surface area contributed by atoms with E-state index in [9.17, 15) is 8.42 Å². The van der Waals surface area contributed by atoms with Crippen LogP contribution in [0.2, 0.25) is 5.15 Å². The van der Waals surface area contributed by atoms with Gasteiger partial charge in [0.25, 0.3) is 0 Å². The van der Waals surface area contributed by atoms with Gasteiger partial charge in [0.05, 0.1) is 5.69 Å². The van der Waals surface area contributed by atoms with Gasteiger partial charge in [-0.1, -0.05) is 11.6 Å². The van der Waals surface area contributed by atoms with E-state index in [1.807, 2.05) is 0 Å². The standard InChI is InChI=1S/C13H22ClN5O2S/c1-10-12(13(14)17(3)15-10)22(20,21)19-7-6-18-5-4-16(2)8-11(18)9-19/h11H,4-9H2,1-3H3/t11-/m0/s1. The molecule has 0 saturated carbocycles. The molecule has 7 nitrogen and oxygen atoms in total. The number of halogens is 1. The summed E-state index contributed by atoms with van der Waals surface area (Å²) in [6.45, 7) is 6.41. The van der Waals surface area contributed by atoms with E-state index in [1.165, 1.54) is 4.68 Å². The summed E-state index contributed by atoms with van der Waals surface area (Å²) in [5.74, 6) is 0. The van der Waals surface area contributed by atoms with Gasteiger partial charge >= 0.3 is 0 Å². The SMILES string of the molecule is Cc1nn(C)c(Cl)c1S(=O)(=O)N1CCN2CCN(C)C[C@H]2C1. The second-order valence-corrected chi connectivity index (χ2v) is 8.38. The Hall–Kier alpha value is -0.670. The highest BCUT2D eigenvalue weighted by molar-refractivity contribution is 7.89. The Bertz CT molecular complexity index is 674. The monoisotopic (exact) mass is 347 g/mol. The molecule has 0 aliphatic carbocycles. The second kappa shape index (κ2) is 5.76. The minimum absolute atomic E-state index is 0.147. The number of fused-ring (bicyclic) bond motifs is 1. The van der Waals surface area contributed by atoms with E-state index in [1.54, 1.807) is 18.3 Å². The minimum atomic E-state index is -3.60. The van der Waals surface area contributed by atoms with Crippen molar-refractivity contribution in [1.29, 1.82) is 0 Å². The summed E-state index contributed by atoms with van der Waals surface area (Å²) >= 11 is 6.15. The zero-order chi connectivity index (χ0) is 16.1. The molecule has 124 valence electrons. The van der Waals surface area contributed by atoms with Crippen molar-refractivity contribution in [3.8, 4) is 0 Å². The summed E-state index contributed by atoms with van der Waals surface area (Å²) in [4.78, 5) is 4.78. The maximum absolute atomic E-state index is 13.0. The lowest BCUT2D eigenvalue weighted by Crippen LogP contribution is -2.62. The molecule has 0 bridgehead atoms. The van der Waals surface area contributed by atoms with Gasteiger partial charge in [-0.2, -0.15) is 9.40 Å². The summed E-state index contributed by atoms with van der Waals surface area (Å²) in [6.07, 6.45) is 0. The number of aromatic nitrogens is 2. The molecule has 0 radical (unpaired) electrons. The van der Waals surface area contributed by atoms with Gasteiger partial charge in [-0.3, -0.25) is 9.58 Å². The second-order valence-electron chi connectivity index (χ2n) is 6.14. The Labute approximate surface area is 136 Å². The average Bonchev–Trinajstić information content (AvgIpc) is 2.71. The third-order valence-corrected chi connectivity index (χ3v) is 7.12. The van der Waals surface area contributed by atoms with Crippen LogP contribution in [0.25, 0.3) is 0 Å². The Morgan fingerprint density at radius 3 is 2.45 bits per heavy atom. The van der Waals surface area contributed by atoms with Gasteiger partial charge in [0.15, 0.2) is 0 Å². The Kier molecular flexibility index (Phi) is 4.24. The van der Waals surface area contributed by atoms with Gasteiger partial charge in [0.2, 0.25) is 10.0 Å². The lowest BCUT2D eigenvalue weighted by atomic mass is 10.1. The quantitative estimate of drug-likeness (QED) is 0.753. The van der Waals surface area contributed by atoms with E-state index < -0.39 is 10.0 Å². The van der Waals surface area contributed by atoms with E-state index in [4.69, 9.17) is 11.6 Å². The molecular formula is C13H22ClN5O2S. The van der Waals surface area contributed by atoms with Crippen LogP contribution in [0.3, 0.4) is 0 Å². The molecule has 2 aliphatic rings. The lowest BCUT2D eigenvalue weighted by molar-refractivity contribution is 0.0466. The highest BCUT2D eigenvalue weighted by Gasteiger charge is 2.38. The Balaban J connectivity index is 1.87. The largest absolute Gasteiger partial charge is 0.303 e. The van der Waals surface area contributed by atoms with Crippen molar-refractivity contribution < 1.29 is 8.42 Å². The maximum atomic E-state index is 13.0. The van der Waals surface area contributed by atoms with Crippen molar-refractivity contribution in [3.63, 3.8) is 0 Å².